The van der Waals surface area contributed by atoms with Gasteiger partial charge in [-0.3, -0.25) is 0 Å². The van der Waals surface area contributed by atoms with Crippen molar-refractivity contribution in [2.45, 2.75) is 41.0 Å². The largest absolute Gasteiger partial charge is 0.456 e. The first-order valence-electron chi connectivity index (χ1n) is 16.4. The zero-order valence-corrected chi connectivity index (χ0v) is 30.9. The van der Waals surface area contributed by atoms with Crippen LogP contribution in [-0.2, 0) is 26.5 Å². The molecular weight excluding hydrogens is 777 g/mol. The fourth-order valence-electron chi connectivity index (χ4n) is 6.25. The van der Waals surface area contributed by atoms with E-state index in [9.17, 15) is 0 Å². The predicted molar refractivity (Wildman–Crippen MR) is 200 cm³/mol. The van der Waals surface area contributed by atoms with E-state index in [4.69, 9.17) is 4.42 Å². The number of aryl methyl sites for hydroxylation is 2. The van der Waals surface area contributed by atoms with E-state index in [1.54, 1.807) is 0 Å². The van der Waals surface area contributed by atoms with Crippen molar-refractivity contribution < 1.29 is 24.5 Å². The fraction of sp³-hybridized carbons (Fsp3) is 0.156. The second-order valence-corrected chi connectivity index (χ2v) is 13.7. The van der Waals surface area contributed by atoms with Gasteiger partial charge in [0.2, 0.25) is 0 Å². The van der Waals surface area contributed by atoms with Gasteiger partial charge in [-0.1, -0.05) is 93.9 Å². The monoisotopic (exact) mass is 815 g/mol. The standard InChI is InChI=1S/C32H26NO.C13H12N.Ir/c1-32(2,3)20-21-16-17-33-28(18-21)23-9-6-8-22(19-23)24-11-7-12-26-25(24)14-15-30-31(26)27-10-4-5-13-29(27)34-30;1-10-3-6-12(7-4-10)13-8-5-11(2)9-14-13;/h4-8,10-19H,20H2,1-3H3;3-6,8-9H,1-2H3;/q2*-1;. The molecule has 0 amide bonds. The molecule has 0 atom stereocenters. The van der Waals surface area contributed by atoms with E-state index in [2.05, 4.69) is 129 Å². The Labute approximate surface area is 302 Å². The van der Waals surface area contributed by atoms with Crippen LogP contribution in [-0.4, -0.2) is 9.97 Å². The van der Waals surface area contributed by atoms with Crippen molar-refractivity contribution >= 4 is 32.7 Å². The maximum atomic E-state index is 6.12. The van der Waals surface area contributed by atoms with Gasteiger partial charge in [0.05, 0.1) is 0 Å². The van der Waals surface area contributed by atoms with Crippen LogP contribution in [0.25, 0.3) is 66.4 Å². The van der Waals surface area contributed by atoms with Crippen LogP contribution in [0.5, 0.6) is 0 Å². The summed E-state index contributed by atoms with van der Waals surface area (Å²) in [4.78, 5) is 9.01. The quantitative estimate of drug-likeness (QED) is 0.166. The topological polar surface area (TPSA) is 38.9 Å². The molecule has 0 unspecified atom stereocenters. The Bertz CT molecular complexity index is 2320. The van der Waals surface area contributed by atoms with Gasteiger partial charge in [-0.2, -0.15) is 0 Å². The second-order valence-electron chi connectivity index (χ2n) is 13.7. The van der Waals surface area contributed by atoms with Gasteiger partial charge in [-0.25, -0.2) is 0 Å². The van der Waals surface area contributed by atoms with Gasteiger partial charge in [-0.15, -0.1) is 70.8 Å². The second kappa shape index (κ2) is 14.3. The number of fused-ring (bicyclic) bond motifs is 5. The minimum atomic E-state index is 0. The van der Waals surface area contributed by atoms with Crippen molar-refractivity contribution in [2.24, 2.45) is 5.41 Å². The number of nitrogens with zero attached hydrogens (tertiary/aromatic N) is 2. The first kappa shape index (κ1) is 34.0. The Hall–Kier alpha value is -4.89. The Kier molecular flexibility index (Phi) is 9.92. The summed E-state index contributed by atoms with van der Waals surface area (Å²) in [6.45, 7) is 10.9. The number of hydrogen-bond acceptors (Lipinski definition) is 3. The van der Waals surface area contributed by atoms with E-state index in [0.717, 1.165) is 51.1 Å². The molecule has 5 aromatic carbocycles. The van der Waals surface area contributed by atoms with Crippen LogP contribution >= 0.6 is 0 Å². The van der Waals surface area contributed by atoms with E-state index in [0.29, 0.717) is 0 Å². The van der Waals surface area contributed by atoms with E-state index in [1.807, 2.05) is 55.7 Å². The summed E-state index contributed by atoms with van der Waals surface area (Å²) < 4.78 is 6.12. The fourth-order valence-corrected chi connectivity index (χ4v) is 6.25. The minimum absolute atomic E-state index is 0. The van der Waals surface area contributed by atoms with Gasteiger partial charge in [0, 0.05) is 43.3 Å². The molecule has 3 aromatic heterocycles. The summed E-state index contributed by atoms with van der Waals surface area (Å²) in [6, 6.07) is 46.5. The van der Waals surface area contributed by atoms with Crippen LogP contribution in [0.4, 0.5) is 0 Å². The molecule has 0 bridgehead atoms. The molecule has 245 valence electrons. The maximum Gasteiger partial charge on any atom is 0.136 e. The average molecular weight is 815 g/mol. The number of rotatable bonds is 4. The number of pyridine rings is 2. The van der Waals surface area contributed by atoms with Crippen LogP contribution in [0.15, 0.2) is 132 Å². The summed E-state index contributed by atoms with van der Waals surface area (Å²) >= 11 is 0. The molecule has 0 fully saturated rings. The van der Waals surface area contributed by atoms with Gasteiger partial charge in [0.15, 0.2) is 0 Å². The molecule has 0 aliphatic rings. The predicted octanol–water partition coefficient (Wildman–Crippen LogP) is 12.0. The number of para-hydroxylation sites is 1. The van der Waals surface area contributed by atoms with Crippen LogP contribution in [0, 0.1) is 31.4 Å². The van der Waals surface area contributed by atoms with E-state index in [1.165, 1.54) is 38.4 Å². The molecule has 0 spiro atoms. The van der Waals surface area contributed by atoms with Crippen molar-refractivity contribution in [3.8, 4) is 33.6 Å². The zero-order chi connectivity index (χ0) is 33.3. The first-order valence-corrected chi connectivity index (χ1v) is 16.4. The molecule has 49 heavy (non-hydrogen) atoms. The van der Waals surface area contributed by atoms with E-state index in [-0.39, 0.29) is 25.5 Å². The number of furan rings is 1. The van der Waals surface area contributed by atoms with E-state index >= 15 is 0 Å². The molecule has 4 heteroatoms. The summed E-state index contributed by atoms with van der Waals surface area (Å²) in [5.74, 6) is 0. The number of aromatic nitrogens is 2. The smallest absolute Gasteiger partial charge is 0.136 e. The van der Waals surface area contributed by atoms with Crippen molar-refractivity contribution in [3.05, 3.63) is 156 Å². The van der Waals surface area contributed by atoms with Crippen LogP contribution in [0.1, 0.15) is 37.5 Å². The van der Waals surface area contributed by atoms with Crippen molar-refractivity contribution in [2.75, 3.05) is 0 Å². The molecule has 1 radical (unpaired) electrons. The summed E-state index contributed by atoms with van der Waals surface area (Å²) in [6.07, 6.45) is 4.80. The van der Waals surface area contributed by atoms with Gasteiger partial charge < -0.3 is 14.4 Å². The van der Waals surface area contributed by atoms with Gasteiger partial charge in [-0.05, 0) is 70.2 Å². The molecule has 8 rings (SSSR count). The Balaban J connectivity index is 0.000000234. The zero-order valence-electron chi connectivity index (χ0n) is 28.5. The molecule has 8 aromatic rings. The van der Waals surface area contributed by atoms with Crippen LogP contribution in [0.3, 0.4) is 0 Å². The number of benzene rings is 5. The third-order valence-corrected chi connectivity index (χ3v) is 8.50. The summed E-state index contributed by atoms with van der Waals surface area (Å²) in [5.41, 5.74) is 12.2. The molecule has 3 nitrogen and oxygen atoms in total. The number of hydrogen-bond donors (Lipinski definition) is 0. The average Bonchev–Trinajstić information content (AvgIpc) is 3.48. The van der Waals surface area contributed by atoms with Gasteiger partial charge in [0.25, 0.3) is 0 Å². The maximum absolute atomic E-state index is 6.12. The normalized spacial score (nSPS) is 11.3. The molecule has 0 N–H and O–H groups in total. The van der Waals surface area contributed by atoms with Crippen molar-refractivity contribution in [1.29, 1.82) is 0 Å². The first-order chi connectivity index (χ1) is 23.2. The van der Waals surface area contributed by atoms with Crippen molar-refractivity contribution in [3.63, 3.8) is 0 Å². The van der Waals surface area contributed by atoms with Gasteiger partial charge >= 0.3 is 0 Å². The van der Waals surface area contributed by atoms with Gasteiger partial charge in [0.1, 0.15) is 11.2 Å². The Morgan fingerprint density at radius 3 is 2.24 bits per heavy atom. The molecule has 0 aliphatic heterocycles. The SMILES string of the molecule is CC(C)(C)Cc1ccnc(-c2[c-]ccc(-c3cccc4c3ccc3oc5ccccc5c34)c2)c1.Cc1c[c-]c(-c2ccc(C)cn2)cc1.[Ir]. The minimum Gasteiger partial charge on any atom is -0.456 e. The van der Waals surface area contributed by atoms with E-state index < -0.39 is 0 Å². The third-order valence-electron chi connectivity index (χ3n) is 8.50. The Morgan fingerprint density at radius 2 is 1.47 bits per heavy atom. The molecular formula is C45H38IrN2O-2. The van der Waals surface area contributed by atoms with Crippen molar-refractivity contribution in [1.82, 2.24) is 9.97 Å². The van der Waals surface area contributed by atoms with Crippen LogP contribution < -0.4 is 0 Å². The van der Waals surface area contributed by atoms with Crippen LogP contribution in [0.2, 0.25) is 0 Å². The third kappa shape index (κ3) is 7.57. The summed E-state index contributed by atoms with van der Waals surface area (Å²) in [5, 5.41) is 4.75. The molecule has 3 heterocycles. The molecule has 0 saturated carbocycles. The summed E-state index contributed by atoms with van der Waals surface area (Å²) in [7, 11) is 0. The molecule has 0 aliphatic carbocycles. The Morgan fingerprint density at radius 1 is 0.653 bits per heavy atom. The molecule has 0 saturated heterocycles.